The predicted octanol–water partition coefficient (Wildman–Crippen LogP) is 3.85. The van der Waals surface area contributed by atoms with Crippen LogP contribution in [0.1, 0.15) is 31.9 Å². The molecule has 0 heterocycles. The van der Waals surface area contributed by atoms with E-state index < -0.39 is 27.9 Å². The number of nitrogens with one attached hydrogen (secondary N) is 1. The van der Waals surface area contributed by atoms with Crippen molar-refractivity contribution in [3.8, 4) is 11.5 Å². The van der Waals surface area contributed by atoms with Crippen molar-refractivity contribution in [2.45, 2.75) is 50.7 Å². The first-order chi connectivity index (χ1) is 14.9. The molecule has 2 rings (SSSR count). The standard InChI is InChI=1S/C23H31NO7S/c1-16-7-10-19(11-8-16)32(26,27)30-15-18(24-22(25)31-23(2,3)4)13-17-9-12-20(28-5)21(14-17)29-6/h7-12,14,18H,13,15H2,1-6H3,(H,24,25)/t18-/m1/s1. The van der Waals surface area contributed by atoms with Gasteiger partial charge in [0.15, 0.2) is 11.5 Å². The van der Waals surface area contributed by atoms with E-state index in [1.165, 1.54) is 26.4 Å². The van der Waals surface area contributed by atoms with Crippen molar-refractivity contribution in [2.24, 2.45) is 0 Å². The Morgan fingerprint density at radius 1 is 1.00 bits per heavy atom. The number of benzene rings is 2. The highest BCUT2D eigenvalue weighted by atomic mass is 32.2. The molecule has 0 spiro atoms. The third-order valence-electron chi connectivity index (χ3n) is 4.38. The van der Waals surface area contributed by atoms with Crippen LogP contribution in [0.5, 0.6) is 11.5 Å². The molecular formula is C23H31NO7S. The van der Waals surface area contributed by atoms with Crippen LogP contribution in [-0.4, -0.2) is 47.0 Å². The lowest BCUT2D eigenvalue weighted by Gasteiger charge is -2.24. The van der Waals surface area contributed by atoms with E-state index in [-0.39, 0.29) is 17.9 Å². The van der Waals surface area contributed by atoms with Gasteiger partial charge in [-0.1, -0.05) is 23.8 Å². The van der Waals surface area contributed by atoms with Crippen LogP contribution in [0.2, 0.25) is 0 Å². The average molecular weight is 466 g/mol. The minimum atomic E-state index is -4.00. The molecule has 32 heavy (non-hydrogen) atoms. The van der Waals surface area contributed by atoms with Gasteiger partial charge < -0.3 is 19.5 Å². The van der Waals surface area contributed by atoms with Gasteiger partial charge in [0.2, 0.25) is 0 Å². The number of rotatable bonds is 9. The van der Waals surface area contributed by atoms with E-state index in [0.717, 1.165) is 11.1 Å². The van der Waals surface area contributed by atoms with Crippen LogP contribution in [0.25, 0.3) is 0 Å². The monoisotopic (exact) mass is 465 g/mol. The summed E-state index contributed by atoms with van der Waals surface area (Å²) in [5.41, 5.74) is 1.02. The first kappa shape index (κ1) is 25.5. The number of ether oxygens (including phenoxy) is 3. The van der Waals surface area contributed by atoms with E-state index >= 15 is 0 Å². The molecule has 8 nitrogen and oxygen atoms in total. The molecule has 0 aromatic heterocycles. The first-order valence-corrected chi connectivity index (χ1v) is 11.5. The van der Waals surface area contributed by atoms with E-state index in [2.05, 4.69) is 5.32 Å². The number of methoxy groups -OCH3 is 2. The Morgan fingerprint density at radius 3 is 2.19 bits per heavy atom. The highest BCUT2D eigenvalue weighted by Gasteiger charge is 2.23. The molecule has 0 bridgehead atoms. The van der Waals surface area contributed by atoms with Gasteiger partial charge in [-0.25, -0.2) is 4.79 Å². The van der Waals surface area contributed by atoms with Gasteiger partial charge in [-0.3, -0.25) is 4.18 Å². The summed E-state index contributed by atoms with van der Waals surface area (Å²) >= 11 is 0. The number of alkyl carbamates (subject to hydrolysis) is 1. The van der Waals surface area contributed by atoms with E-state index in [1.54, 1.807) is 51.1 Å². The molecule has 176 valence electrons. The van der Waals surface area contributed by atoms with Gasteiger partial charge in [0, 0.05) is 0 Å². The fourth-order valence-corrected chi connectivity index (χ4v) is 3.81. The minimum Gasteiger partial charge on any atom is -0.493 e. The zero-order valence-electron chi connectivity index (χ0n) is 19.3. The van der Waals surface area contributed by atoms with Gasteiger partial charge in [0.25, 0.3) is 10.1 Å². The molecule has 0 saturated carbocycles. The second kappa shape index (κ2) is 10.7. The lowest BCUT2D eigenvalue weighted by atomic mass is 10.1. The molecule has 0 radical (unpaired) electrons. The lowest BCUT2D eigenvalue weighted by Crippen LogP contribution is -2.43. The van der Waals surface area contributed by atoms with Crippen LogP contribution in [0.3, 0.4) is 0 Å². The largest absolute Gasteiger partial charge is 0.493 e. The number of carbonyl (C=O) groups is 1. The van der Waals surface area contributed by atoms with E-state index in [0.29, 0.717) is 11.5 Å². The normalized spacial score (nSPS) is 12.7. The van der Waals surface area contributed by atoms with Crippen molar-refractivity contribution >= 4 is 16.2 Å². The maximum absolute atomic E-state index is 12.6. The number of amides is 1. The Hall–Kier alpha value is -2.78. The second-order valence-corrected chi connectivity index (χ2v) is 9.90. The lowest BCUT2D eigenvalue weighted by molar-refractivity contribution is 0.0488. The summed E-state index contributed by atoms with van der Waals surface area (Å²) in [6.07, 6.45) is -0.387. The molecule has 0 fully saturated rings. The number of hydrogen-bond donors (Lipinski definition) is 1. The summed E-state index contributed by atoms with van der Waals surface area (Å²) in [6, 6.07) is 11.0. The highest BCUT2D eigenvalue weighted by molar-refractivity contribution is 7.86. The zero-order valence-corrected chi connectivity index (χ0v) is 20.1. The predicted molar refractivity (Wildman–Crippen MR) is 121 cm³/mol. The molecule has 0 aliphatic carbocycles. The Balaban J connectivity index is 2.20. The van der Waals surface area contributed by atoms with Crippen molar-refractivity contribution in [3.05, 3.63) is 53.6 Å². The molecule has 1 atom stereocenters. The molecule has 1 N–H and O–H groups in total. The summed E-state index contributed by atoms with van der Waals surface area (Å²) in [6.45, 7) is 6.82. The van der Waals surface area contributed by atoms with Crippen LogP contribution in [0, 0.1) is 6.92 Å². The van der Waals surface area contributed by atoms with Crippen molar-refractivity contribution in [1.82, 2.24) is 5.32 Å². The van der Waals surface area contributed by atoms with Crippen molar-refractivity contribution in [3.63, 3.8) is 0 Å². The van der Waals surface area contributed by atoms with Gasteiger partial charge in [-0.05, 0) is 63.9 Å². The van der Waals surface area contributed by atoms with Gasteiger partial charge in [-0.15, -0.1) is 0 Å². The Labute approximate surface area is 190 Å². The SMILES string of the molecule is COc1ccc(C[C@H](COS(=O)(=O)c2ccc(C)cc2)NC(=O)OC(C)(C)C)cc1OC. The summed E-state index contributed by atoms with van der Waals surface area (Å²) in [5, 5.41) is 2.70. The van der Waals surface area contributed by atoms with Crippen molar-refractivity contribution in [2.75, 3.05) is 20.8 Å². The van der Waals surface area contributed by atoms with Gasteiger partial charge in [0.05, 0.1) is 31.8 Å². The maximum Gasteiger partial charge on any atom is 0.407 e. The van der Waals surface area contributed by atoms with Crippen LogP contribution < -0.4 is 14.8 Å². The quantitative estimate of drug-likeness (QED) is 0.561. The summed E-state index contributed by atoms with van der Waals surface area (Å²) in [4.78, 5) is 12.4. The fraction of sp³-hybridized carbons (Fsp3) is 0.435. The Kier molecular flexibility index (Phi) is 8.51. The first-order valence-electron chi connectivity index (χ1n) is 10.1. The molecule has 0 aliphatic rings. The maximum atomic E-state index is 12.6. The molecule has 0 unspecified atom stereocenters. The molecule has 2 aromatic carbocycles. The van der Waals surface area contributed by atoms with Crippen molar-refractivity contribution in [1.29, 1.82) is 0 Å². The van der Waals surface area contributed by atoms with E-state index in [1.807, 2.05) is 6.92 Å². The third kappa shape index (κ3) is 7.72. The second-order valence-electron chi connectivity index (χ2n) is 8.29. The fourth-order valence-electron chi connectivity index (χ4n) is 2.86. The number of carbonyl (C=O) groups excluding carboxylic acids is 1. The molecule has 0 saturated heterocycles. The summed E-state index contributed by atoms with van der Waals surface area (Å²) in [5.74, 6) is 1.08. The topological polar surface area (TPSA) is 100 Å². The van der Waals surface area contributed by atoms with Crippen molar-refractivity contribution < 1.29 is 31.6 Å². The van der Waals surface area contributed by atoms with Gasteiger partial charge >= 0.3 is 6.09 Å². The average Bonchev–Trinajstić information content (AvgIpc) is 2.71. The number of aryl methyl sites for hydroxylation is 1. The van der Waals surface area contributed by atoms with Gasteiger partial charge in [-0.2, -0.15) is 8.42 Å². The summed E-state index contributed by atoms with van der Waals surface area (Å²) < 4.78 is 46.3. The van der Waals surface area contributed by atoms with Crippen LogP contribution in [0.15, 0.2) is 47.4 Å². The Morgan fingerprint density at radius 2 is 1.62 bits per heavy atom. The van der Waals surface area contributed by atoms with E-state index in [4.69, 9.17) is 18.4 Å². The van der Waals surface area contributed by atoms with E-state index in [9.17, 15) is 13.2 Å². The third-order valence-corrected chi connectivity index (χ3v) is 5.68. The van der Waals surface area contributed by atoms with Crippen LogP contribution in [-0.2, 0) is 25.5 Å². The molecule has 1 amide bonds. The minimum absolute atomic E-state index is 0.0465. The van der Waals surface area contributed by atoms with Crippen LogP contribution >= 0.6 is 0 Å². The van der Waals surface area contributed by atoms with Crippen LogP contribution in [0.4, 0.5) is 4.79 Å². The molecular weight excluding hydrogens is 434 g/mol. The molecule has 0 aliphatic heterocycles. The molecule has 2 aromatic rings. The highest BCUT2D eigenvalue weighted by Crippen LogP contribution is 2.28. The Bertz CT molecular complexity index is 1010. The smallest absolute Gasteiger partial charge is 0.407 e. The summed E-state index contributed by atoms with van der Waals surface area (Å²) in [7, 11) is -0.937. The van der Waals surface area contributed by atoms with Gasteiger partial charge in [0.1, 0.15) is 5.60 Å². The number of hydrogen-bond acceptors (Lipinski definition) is 7. The molecule has 9 heteroatoms. The zero-order chi connectivity index (χ0) is 23.9.